The van der Waals surface area contributed by atoms with E-state index in [9.17, 15) is 20.1 Å². The van der Waals surface area contributed by atoms with Crippen LogP contribution in [-0.4, -0.2) is 116 Å². The molecule has 2 saturated heterocycles. The number of carbonyl (C=O) groups excluding carboxylic acids is 1. The molecule has 164 valence electrons. The summed E-state index contributed by atoms with van der Waals surface area (Å²) in [6, 6.07) is -0.978. The number of nitrogens with zero attached hydrogens (tertiary/aromatic N) is 4. The molecule has 2 aromatic rings. The minimum Gasteiger partial charge on any atom is -0.394 e. The molecule has 2 aromatic heterocycles. The fourth-order valence-electron chi connectivity index (χ4n) is 3.62. The molecule has 4 heterocycles. The Morgan fingerprint density at radius 3 is 2.80 bits per heavy atom. The fraction of sp³-hybridized carbons (Fsp3) is 0.647. The van der Waals surface area contributed by atoms with Gasteiger partial charge in [0.2, 0.25) is 5.91 Å². The molecule has 2 aliphatic rings. The summed E-state index contributed by atoms with van der Waals surface area (Å²) in [7, 11) is 0. The Labute approximate surface area is 171 Å². The number of imidazole rings is 1. The third-order valence-electron chi connectivity index (χ3n) is 5.23. The Balaban J connectivity index is 1.42. The van der Waals surface area contributed by atoms with Crippen molar-refractivity contribution in [3.63, 3.8) is 0 Å². The molecule has 0 saturated carbocycles. The van der Waals surface area contributed by atoms with Gasteiger partial charge in [0.15, 0.2) is 17.7 Å². The Morgan fingerprint density at radius 2 is 2.03 bits per heavy atom. The zero-order valence-electron chi connectivity index (χ0n) is 16.1. The molecule has 13 heteroatoms. The third kappa shape index (κ3) is 4.35. The summed E-state index contributed by atoms with van der Waals surface area (Å²) in [5.41, 5.74) is 0.926. The number of ether oxygens (including phenoxy) is 2. The highest BCUT2D eigenvalue weighted by atomic mass is 16.5. The molecule has 2 aliphatic heterocycles. The highest BCUT2D eigenvalue weighted by Crippen LogP contribution is 2.24. The maximum atomic E-state index is 12.4. The molecule has 0 aromatic carbocycles. The van der Waals surface area contributed by atoms with Crippen LogP contribution in [0.25, 0.3) is 11.2 Å². The van der Waals surface area contributed by atoms with Gasteiger partial charge in [0, 0.05) is 13.1 Å². The van der Waals surface area contributed by atoms with E-state index in [-0.39, 0.29) is 12.5 Å². The van der Waals surface area contributed by atoms with E-state index in [4.69, 9.17) is 9.47 Å². The second kappa shape index (κ2) is 9.16. The molecular formula is C17H25N7O6. The molecular weight excluding hydrogens is 398 g/mol. The summed E-state index contributed by atoms with van der Waals surface area (Å²) in [6.07, 6.45) is -2.03. The van der Waals surface area contributed by atoms with Gasteiger partial charge in [0.25, 0.3) is 0 Å². The lowest BCUT2D eigenvalue weighted by molar-refractivity contribution is -0.185. The van der Waals surface area contributed by atoms with Crippen molar-refractivity contribution in [2.24, 2.45) is 0 Å². The molecule has 0 spiro atoms. The smallest absolute Gasteiger partial charge is 0.234 e. The van der Waals surface area contributed by atoms with Gasteiger partial charge in [0.05, 0.1) is 38.7 Å². The molecule has 0 aliphatic carbocycles. The van der Waals surface area contributed by atoms with Crippen LogP contribution in [0.15, 0.2) is 12.7 Å². The van der Waals surface area contributed by atoms with E-state index in [1.807, 2.05) is 4.90 Å². The second-order valence-electron chi connectivity index (χ2n) is 7.21. The number of hydrogen-bond acceptors (Lipinski definition) is 11. The number of aliphatic hydroxyl groups excluding tert-OH is 3. The molecule has 13 nitrogen and oxygen atoms in total. The maximum Gasteiger partial charge on any atom is 0.234 e. The number of hydrogen-bond donors (Lipinski definition) is 6. The summed E-state index contributed by atoms with van der Waals surface area (Å²) in [5.74, 6) is -0.0168. The zero-order valence-corrected chi connectivity index (χ0v) is 16.1. The Morgan fingerprint density at radius 1 is 1.23 bits per heavy atom. The van der Waals surface area contributed by atoms with Crippen molar-refractivity contribution in [3.8, 4) is 0 Å². The quantitative estimate of drug-likeness (QED) is 0.279. The topological polar surface area (TPSA) is 178 Å². The highest BCUT2D eigenvalue weighted by Gasteiger charge is 2.45. The number of aliphatic hydroxyl groups is 3. The Bertz CT molecular complexity index is 858. The molecule has 0 bridgehead atoms. The van der Waals surface area contributed by atoms with E-state index in [2.05, 4.69) is 30.6 Å². The Hall–Kier alpha value is -2.42. The van der Waals surface area contributed by atoms with Gasteiger partial charge in [-0.2, -0.15) is 0 Å². The number of carbonyl (C=O) groups is 1. The molecule has 0 unspecified atom stereocenters. The van der Waals surface area contributed by atoms with Crippen LogP contribution in [0.4, 0.5) is 5.82 Å². The van der Waals surface area contributed by atoms with E-state index < -0.39 is 37.2 Å². The second-order valence-corrected chi connectivity index (χ2v) is 7.21. The average molecular weight is 423 g/mol. The number of rotatable bonds is 6. The fourth-order valence-corrected chi connectivity index (χ4v) is 3.62. The molecule has 6 N–H and O–H groups in total. The first-order valence-corrected chi connectivity index (χ1v) is 9.69. The number of aromatic nitrogens is 4. The lowest BCUT2D eigenvalue weighted by Gasteiger charge is -2.43. The van der Waals surface area contributed by atoms with Crippen molar-refractivity contribution in [2.45, 2.75) is 30.6 Å². The van der Waals surface area contributed by atoms with Crippen LogP contribution in [0.2, 0.25) is 0 Å². The number of fused-ring (bicyclic) bond motifs is 1. The number of morpholine rings is 1. The largest absolute Gasteiger partial charge is 0.394 e. The zero-order chi connectivity index (χ0) is 21.1. The molecule has 4 rings (SSSR count). The number of anilines is 1. The summed E-state index contributed by atoms with van der Waals surface area (Å²) in [4.78, 5) is 29.4. The summed E-state index contributed by atoms with van der Waals surface area (Å²) < 4.78 is 11.0. The van der Waals surface area contributed by atoms with Crippen molar-refractivity contribution < 1.29 is 29.6 Å². The van der Waals surface area contributed by atoms with E-state index in [0.717, 1.165) is 0 Å². The van der Waals surface area contributed by atoms with Gasteiger partial charge in [0.1, 0.15) is 30.2 Å². The van der Waals surface area contributed by atoms with Crippen molar-refractivity contribution in [2.75, 3.05) is 44.8 Å². The molecule has 0 radical (unpaired) electrons. The van der Waals surface area contributed by atoms with Gasteiger partial charge >= 0.3 is 0 Å². The van der Waals surface area contributed by atoms with Gasteiger partial charge in [-0.1, -0.05) is 0 Å². The lowest BCUT2D eigenvalue weighted by atomic mass is 9.95. The maximum absolute atomic E-state index is 12.4. The Kier molecular flexibility index (Phi) is 6.36. The SMILES string of the molecule is O=C(CN1CCOCC1)N[C@@H]1[C@@H](O)[C@H](O)[C@@H](Nc2ncnc3nc[nH]c23)O[C@H]1CO. The van der Waals surface area contributed by atoms with Gasteiger partial charge < -0.3 is 40.4 Å². The van der Waals surface area contributed by atoms with Crippen LogP contribution < -0.4 is 10.6 Å². The van der Waals surface area contributed by atoms with Crippen molar-refractivity contribution >= 4 is 22.9 Å². The monoisotopic (exact) mass is 423 g/mol. The van der Waals surface area contributed by atoms with Crippen LogP contribution in [0, 0.1) is 0 Å². The molecule has 1 amide bonds. The van der Waals surface area contributed by atoms with Gasteiger partial charge in [-0.15, -0.1) is 0 Å². The number of amides is 1. The van der Waals surface area contributed by atoms with Crippen LogP contribution in [0.1, 0.15) is 0 Å². The first kappa shape index (κ1) is 20.8. The number of aromatic amines is 1. The normalized spacial score (nSPS) is 30.3. The van der Waals surface area contributed by atoms with E-state index >= 15 is 0 Å². The third-order valence-corrected chi connectivity index (χ3v) is 5.23. The first-order chi connectivity index (χ1) is 14.6. The van der Waals surface area contributed by atoms with Crippen LogP contribution in [0.3, 0.4) is 0 Å². The van der Waals surface area contributed by atoms with Gasteiger partial charge in [-0.25, -0.2) is 15.0 Å². The van der Waals surface area contributed by atoms with Crippen LogP contribution in [0.5, 0.6) is 0 Å². The van der Waals surface area contributed by atoms with Crippen molar-refractivity contribution in [1.82, 2.24) is 30.2 Å². The lowest BCUT2D eigenvalue weighted by Crippen LogP contribution is -2.66. The summed E-state index contributed by atoms with van der Waals surface area (Å²) in [6.45, 7) is 2.04. The summed E-state index contributed by atoms with van der Waals surface area (Å²) >= 11 is 0. The predicted octanol–water partition coefficient (Wildman–Crippen LogP) is -2.98. The van der Waals surface area contributed by atoms with E-state index in [1.54, 1.807) is 0 Å². The number of H-pyrrole nitrogens is 1. The van der Waals surface area contributed by atoms with E-state index in [0.29, 0.717) is 43.3 Å². The first-order valence-electron chi connectivity index (χ1n) is 9.69. The van der Waals surface area contributed by atoms with Crippen molar-refractivity contribution in [1.29, 1.82) is 0 Å². The van der Waals surface area contributed by atoms with E-state index in [1.165, 1.54) is 12.7 Å². The highest BCUT2D eigenvalue weighted by molar-refractivity contribution is 5.82. The predicted molar refractivity (Wildman–Crippen MR) is 102 cm³/mol. The minimum atomic E-state index is -1.39. The summed E-state index contributed by atoms with van der Waals surface area (Å²) in [5, 5.41) is 36.5. The van der Waals surface area contributed by atoms with Crippen LogP contribution >= 0.6 is 0 Å². The molecule has 30 heavy (non-hydrogen) atoms. The molecule has 2 fully saturated rings. The van der Waals surface area contributed by atoms with Gasteiger partial charge in [-0.05, 0) is 0 Å². The number of nitrogens with one attached hydrogen (secondary N) is 3. The molecule has 5 atom stereocenters. The standard InChI is InChI=1S/C17H25N7O6/c25-6-9-11(22-10(26)5-24-1-3-29-4-2-24)13(27)14(28)17(30-9)23-16-12-15(19-7-18-12)20-8-21-16/h7-9,11,13-14,17,25,27-28H,1-6H2,(H,22,26)(H2,18,19,20,21,23)/t9-,11-,13+,14-,17-/m0/s1. The van der Waals surface area contributed by atoms with Crippen LogP contribution in [-0.2, 0) is 14.3 Å². The van der Waals surface area contributed by atoms with Gasteiger partial charge in [-0.3, -0.25) is 9.69 Å². The van der Waals surface area contributed by atoms with Crippen molar-refractivity contribution in [3.05, 3.63) is 12.7 Å². The average Bonchev–Trinajstić information content (AvgIpc) is 3.24. The minimum absolute atomic E-state index is 0.126.